The molecule has 2 aromatic carbocycles. The van der Waals surface area contributed by atoms with Crippen LogP contribution in [0.1, 0.15) is 16.1 Å². The van der Waals surface area contributed by atoms with Gasteiger partial charge in [0.05, 0.1) is 5.56 Å². The van der Waals surface area contributed by atoms with E-state index in [-0.39, 0.29) is 22.8 Å². The van der Waals surface area contributed by atoms with E-state index in [9.17, 15) is 15.0 Å². The molecule has 94 valence electrons. The third-order valence-corrected chi connectivity index (χ3v) is 3.05. The molecule has 0 fully saturated rings. The Morgan fingerprint density at radius 3 is 2.37 bits per heavy atom. The van der Waals surface area contributed by atoms with Gasteiger partial charge in [-0.25, -0.2) is 0 Å². The molecule has 0 saturated carbocycles. The molecule has 0 aliphatic carbocycles. The lowest BCUT2D eigenvalue weighted by Crippen LogP contribution is -2.02. The SMILES string of the molecule is O=C(c1ccccc1O)c1[nH]c2ccccc2c1O. The van der Waals surface area contributed by atoms with Gasteiger partial charge in [-0.1, -0.05) is 24.3 Å². The molecule has 3 N–H and O–H groups in total. The number of carbonyl (C=O) groups excluding carboxylic acids is 1. The van der Waals surface area contributed by atoms with Crippen molar-refractivity contribution >= 4 is 16.7 Å². The molecule has 0 amide bonds. The summed E-state index contributed by atoms with van der Waals surface area (Å²) in [7, 11) is 0. The Kier molecular flexibility index (Phi) is 2.49. The zero-order chi connectivity index (χ0) is 13.4. The van der Waals surface area contributed by atoms with Crippen molar-refractivity contribution in [2.24, 2.45) is 0 Å². The number of phenols is 1. The fourth-order valence-corrected chi connectivity index (χ4v) is 2.09. The van der Waals surface area contributed by atoms with Crippen molar-refractivity contribution in [3.8, 4) is 11.5 Å². The second-order valence-electron chi connectivity index (χ2n) is 4.24. The monoisotopic (exact) mass is 253 g/mol. The summed E-state index contributed by atoms with van der Waals surface area (Å²) in [5.74, 6) is -0.638. The number of para-hydroxylation sites is 2. The van der Waals surface area contributed by atoms with Crippen molar-refractivity contribution in [3.63, 3.8) is 0 Å². The maximum absolute atomic E-state index is 12.3. The highest BCUT2D eigenvalue weighted by Crippen LogP contribution is 2.31. The van der Waals surface area contributed by atoms with Gasteiger partial charge in [0, 0.05) is 10.9 Å². The third kappa shape index (κ3) is 1.74. The molecule has 0 atom stereocenters. The van der Waals surface area contributed by atoms with Crippen molar-refractivity contribution in [2.45, 2.75) is 0 Å². The molecule has 0 aliphatic heterocycles. The standard InChI is InChI=1S/C15H11NO3/c17-12-8-4-2-6-10(12)15(19)13-14(18)9-5-1-3-7-11(9)16-13/h1-8,16-18H. The van der Waals surface area contributed by atoms with Gasteiger partial charge in [-0.3, -0.25) is 4.79 Å². The lowest BCUT2D eigenvalue weighted by Gasteiger charge is -2.02. The van der Waals surface area contributed by atoms with Gasteiger partial charge in [0.1, 0.15) is 11.4 Å². The molecule has 4 heteroatoms. The Morgan fingerprint density at radius 1 is 0.947 bits per heavy atom. The molecule has 3 rings (SSSR count). The first-order valence-electron chi connectivity index (χ1n) is 5.81. The summed E-state index contributed by atoms with van der Waals surface area (Å²) in [6, 6.07) is 13.3. The average molecular weight is 253 g/mol. The van der Waals surface area contributed by atoms with E-state index < -0.39 is 5.78 Å². The van der Waals surface area contributed by atoms with Gasteiger partial charge < -0.3 is 15.2 Å². The van der Waals surface area contributed by atoms with Crippen LogP contribution < -0.4 is 0 Å². The van der Waals surface area contributed by atoms with Gasteiger partial charge in [0.15, 0.2) is 5.75 Å². The largest absolute Gasteiger partial charge is 0.507 e. The summed E-state index contributed by atoms with van der Waals surface area (Å²) >= 11 is 0. The summed E-state index contributed by atoms with van der Waals surface area (Å²) in [6.07, 6.45) is 0. The molecule has 0 unspecified atom stereocenters. The van der Waals surface area contributed by atoms with Crippen molar-refractivity contribution in [1.29, 1.82) is 0 Å². The number of carbonyl (C=O) groups is 1. The van der Waals surface area contributed by atoms with Crippen LogP contribution in [0, 0.1) is 0 Å². The normalized spacial score (nSPS) is 10.7. The fraction of sp³-hybridized carbons (Fsp3) is 0. The van der Waals surface area contributed by atoms with Crippen LogP contribution in [-0.2, 0) is 0 Å². The lowest BCUT2D eigenvalue weighted by molar-refractivity contribution is 0.103. The van der Waals surface area contributed by atoms with Crippen molar-refractivity contribution < 1.29 is 15.0 Å². The molecular formula is C15H11NO3. The minimum absolute atomic E-state index is 0.0858. The molecule has 0 aliphatic rings. The molecule has 0 bridgehead atoms. The molecule has 0 saturated heterocycles. The number of hydrogen-bond acceptors (Lipinski definition) is 3. The smallest absolute Gasteiger partial charge is 0.216 e. The van der Waals surface area contributed by atoms with Crippen LogP contribution in [-0.4, -0.2) is 21.0 Å². The zero-order valence-corrected chi connectivity index (χ0v) is 9.92. The number of rotatable bonds is 2. The van der Waals surface area contributed by atoms with Crippen molar-refractivity contribution in [2.75, 3.05) is 0 Å². The minimum atomic E-state index is -0.438. The van der Waals surface area contributed by atoms with Crippen LogP contribution in [0.5, 0.6) is 11.5 Å². The number of aromatic amines is 1. The van der Waals surface area contributed by atoms with E-state index in [1.54, 1.807) is 30.3 Å². The molecule has 0 radical (unpaired) electrons. The highest BCUT2D eigenvalue weighted by atomic mass is 16.3. The molecule has 0 spiro atoms. The van der Waals surface area contributed by atoms with Gasteiger partial charge in [-0.05, 0) is 24.3 Å². The predicted octanol–water partition coefficient (Wildman–Crippen LogP) is 2.81. The van der Waals surface area contributed by atoms with E-state index in [0.717, 1.165) is 0 Å². The van der Waals surface area contributed by atoms with Crippen molar-refractivity contribution in [1.82, 2.24) is 4.98 Å². The number of aromatic nitrogens is 1. The Labute approximate surface area is 108 Å². The highest BCUT2D eigenvalue weighted by Gasteiger charge is 2.20. The number of nitrogens with one attached hydrogen (secondary N) is 1. The van der Waals surface area contributed by atoms with Gasteiger partial charge in [0.2, 0.25) is 5.78 Å². The Balaban J connectivity index is 2.17. The van der Waals surface area contributed by atoms with Crippen LogP contribution in [0.3, 0.4) is 0 Å². The van der Waals surface area contributed by atoms with E-state index >= 15 is 0 Å². The maximum Gasteiger partial charge on any atom is 0.216 e. The Bertz CT molecular complexity index is 774. The van der Waals surface area contributed by atoms with Crippen LogP contribution in [0.25, 0.3) is 10.9 Å². The highest BCUT2D eigenvalue weighted by molar-refractivity contribution is 6.14. The Morgan fingerprint density at radius 2 is 1.63 bits per heavy atom. The summed E-state index contributed by atoms with van der Waals surface area (Å²) in [4.78, 5) is 15.2. The number of H-pyrrole nitrogens is 1. The molecule has 1 heterocycles. The second kappa shape index (κ2) is 4.17. The van der Waals surface area contributed by atoms with E-state index in [1.165, 1.54) is 12.1 Å². The van der Waals surface area contributed by atoms with Crippen LogP contribution >= 0.6 is 0 Å². The zero-order valence-electron chi connectivity index (χ0n) is 9.92. The van der Waals surface area contributed by atoms with Gasteiger partial charge in [-0.15, -0.1) is 0 Å². The van der Waals surface area contributed by atoms with E-state index in [0.29, 0.717) is 10.9 Å². The number of phenolic OH excluding ortho intramolecular Hbond substituents is 1. The topological polar surface area (TPSA) is 73.3 Å². The first-order chi connectivity index (χ1) is 9.18. The van der Waals surface area contributed by atoms with Crippen LogP contribution in [0.15, 0.2) is 48.5 Å². The molecule has 1 aromatic heterocycles. The molecule has 19 heavy (non-hydrogen) atoms. The summed E-state index contributed by atoms with van der Waals surface area (Å²) in [5, 5.41) is 20.4. The van der Waals surface area contributed by atoms with E-state index in [4.69, 9.17) is 0 Å². The molecule has 4 nitrogen and oxygen atoms in total. The summed E-state index contributed by atoms with van der Waals surface area (Å²) in [6.45, 7) is 0. The maximum atomic E-state index is 12.3. The van der Waals surface area contributed by atoms with E-state index in [1.807, 2.05) is 6.07 Å². The third-order valence-electron chi connectivity index (χ3n) is 3.05. The first-order valence-corrected chi connectivity index (χ1v) is 5.81. The van der Waals surface area contributed by atoms with Crippen LogP contribution in [0.4, 0.5) is 0 Å². The van der Waals surface area contributed by atoms with Gasteiger partial charge in [-0.2, -0.15) is 0 Å². The van der Waals surface area contributed by atoms with Gasteiger partial charge in [0.25, 0.3) is 0 Å². The van der Waals surface area contributed by atoms with Crippen LogP contribution in [0.2, 0.25) is 0 Å². The molecular weight excluding hydrogens is 242 g/mol. The number of hydrogen-bond donors (Lipinski definition) is 3. The lowest BCUT2D eigenvalue weighted by atomic mass is 10.1. The predicted molar refractivity (Wildman–Crippen MR) is 71.5 cm³/mol. The quantitative estimate of drug-likeness (QED) is 0.615. The average Bonchev–Trinajstić information content (AvgIpc) is 2.77. The fourth-order valence-electron chi connectivity index (χ4n) is 2.09. The van der Waals surface area contributed by atoms with E-state index in [2.05, 4.69) is 4.98 Å². The Hall–Kier alpha value is -2.75. The number of aromatic hydroxyl groups is 2. The number of benzene rings is 2. The molecule has 3 aromatic rings. The summed E-state index contributed by atoms with van der Waals surface area (Å²) < 4.78 is 0. The summed E-state index contributed by atoms with van der Waals surface area (Å²) in [5.41, 5.74) is 0.922. The van der Waals surface area contributed by atoms with Crippen molar-refractivity contribution in [3.05, 3.63) is 59.8 Å². The minimum Gasteiger partial charge on any atom is -0.507 e. The first kappa shape index (κ1) is 11.3. The van der Waals surface area contributed by atoms with Gasteiger partial charge >= 0.3 is 0 Å². The number of fused-ring (bicyclic) bond motifs is 1. The second-order valence-corrected chi connectivity index (χ2v) is 4.24. The number of ketones is 1.